The normalized spacial score (nSPS) is 21.0. The van der Waals surface area contributed by atoms with E-state index in [1.165, 1.54) is 6.07 Å². The molecule has 1 fully saturated rings. The number of nitrogens with one attached hydrogen (secondary N) is 1. The fourth-order valence-corrected chi connectivity index (χ4v) is 1.97. The molecule has 1 saturated heterocycles. The molecule has 0 bridgehead atoms. The molecule has 0 radical (unpaired) electrons. The highest BCUT2D eigenvalue weighted by atomic mass is 35.5. The van der Waals surface area contributed by atoms with E-state index in [-0.39, 0.29) is 17.8 Å². The minimum absolute atomic E-state index is 0.0469. The Balaban J connectivity index is 2.36. The van der Waals surface area contributed by atoms with Gasteiger partial charge in [-0.15, -0.1) is 0 Å². The molecule has 2 rings (SSSR count). The van der Waals surface area contributed by atoms with Crippen molar-refractivity contribution < 1.29 is 9.18 Å². The third-order valence-corrected chi connectivity index (χ3v) is 2.67. The third kappa shape index (κ3) is 1.60. The van der Waals surface area contributed by atoms with E-state index < -0.39 is 0 Å². The quantitative estimate of drug-likeness (QED) is 0.763. The van der Waals surface area contributed by atoms with Crippen LogP contribution in [0.3, 0.4) is 0 Å². The predicted molar refractivity (Wildman–Crippen MR) is 51.5 cm³/mol. The zero-order valence-corrected chi connectivity index (χ0v) is 8.14. The number of rotatable bonds is 1. The molecule has 1 N–H and O–H groups in total. The fourth-order valence-electron chi connectivity index (χ4n) is 1.67. The highest BCUT2D eigenvalue weighted by Crippen LogP contribution is 2.31. The number of amides is 1. The first-order valence-electron chi connectivity index (χ1n) is 4.42. The van der Waals surface area contributed by atoms with Crippen LogP contribution >= 0.6 is 11.6 Å². The molecular formula is C10H9ClFNO. The van der Waals surface area contributed by atoms with Gasteiger partial charge in [0, 0.05) is 17.0 Å². The van der Waals surface area contributed by atoms with Crippen LogP contribution in [0, 0.1) is 5.82 Å². The topological polar surface area (TPSA) is 29.1 Å². The Kier molecular flexibility index (Phi) is 2.42. The van der Waals surface area contributed by atoms with Crippen LogP contribution in [-0.4, -0.2) is 5.91 Å². The van der Waals surface area contributed by atoms with Gasteiger partial charge in [0.05, 0.1) is 6.04 Å². The van der Waals surface area contributed by atoms with Crippen molar-refractivity contribution in [3.8, 4) is 0 Å². The number of benzene rings is 1. The van der Waals surface area contributed by atoms with Crippen LogP contribution in [0.1, 0.15) is 24.4 Å². The smallest absolute Gasteiger partial charge is 0.220 e. The Hall–Kier alpha value is -1.09. The summed E-state index contributed by atoms with van der Waals surface area (Å²) in [6.07, 6.45) is 1.05. The Morgan fingerprint density at radius 1 is 1.50 bits per heavy atom. The van der Waals surface area contributed by atoms with Crippen molar-refractivity contribution in [2.45, 2.75) is 18.9 Å². The maximum atomic E-state index is 13.4. The zero-order chi connectivity index (χ0) is 10.1. The van der Waals surface area contributed by atoms with Gasteiger partial charge in [0.1, 0.15) is 5.82 Å². The lowest BCUT2D eigenvalue weighted by Gasteiger charge is -2.12. The largest absolute Gasteiger partial charge is 0.349 e. The van der Waals surface area contributed by atoms with E-state index in [0.717, 1.165) is 0 Å². The van der Waals surface area contributed by atoms with Gasteiger partial charge in [-0.25, -0.2) is 4.39 Å². The molecule has 1 aromatic rings. The molecule has 2 nitrogen and oxygen atoms in total. The summed E-state index contributed by atoms with van der Waals surface area (Å²) < 4.78 is 13.4. The van der Waals surface area contributed by atoms with Gasteiger partial charge in [-0.1, -0.05) is 17.7 Å². The first kappa shape index (κ1) is 9.46. The first-order chi connectivity index (χ1) is 6.68. The second-order valence-corrected chi connectivity index (χ2v) is 3.70. The van der Waals surface area contributed by atoms with E-state index in [9.17, 15) is 9.18 Å². The summed E-state index contributed by atoms with van der Waals surface area (Å²) in [4.78, 5) is 11.0. The molecule has 1 aliphatic heterocycles. The standard InChI is InChI=1S/C10H9ClFNO/c11-6-2-1-3-7(12)10(6)8-4-5-9(14)13-8/h1-3,8H,4-5H2,(H,13,14). The van der Waals surface area contributed by atoms with Gasteiger partial charge < -0.3 is 5.32 Å². The average Bonchev–Trinajstić information content (AvgIpc) is 2.51. The summed E-state index contributed by atoms with van der Waals surface area (Å²) in [7, 11) is 0. The zero-order valence-electron chi connectivity index (χ0n) is 7.39. The van der Waals surface area contributed by atoms with Gasteiger partial charge in [-0.3, -0.25) is 4.79 Å². The van der Waals surface area contributed by atoms with E-state index in [0.29, 0.717) is 23.4 Å². The van der Waals surface area contributed by atoms with Crippen LogP contribution in [0.5, 0.6) is 0 Å². The molecule has 1 aromatic carbocycles. The number of carbonyl (C=O) groups excluding carboxylic acids is 1. The van der Waals surface area contributed by atoms with Gasteiger partial charge >= 0.3 is 0 Å². The number of carbonyl (C=O) groups is 1. The minimum atomic E-state index is -0.357. The van der Waals surface area contributed by atoms with Crippen LogP contribution in [0.25, 0.3) is 0 Å². The summed E-state index contributed by atoms with van der Waals surface area (Å²) in [5, 5.41) is 3.06. The van der Waals surface area contributed by atoms with Crippen LogP contribution in [0.4, 0.5) is 4.39 Å². The van der Waals surface area contributed by atoms with E-state index in [1.807, 2.05) is 0 Å². The van der Waals surface area contributed by atoms with Crippen LogP contribution < -0.4 is 5.32 Å². The SMILES string of the molecule is O=C1CCC(c2c(F)cccc2Cl)N1. The van der Waals surface area contributed by atoms with E-state index >= 15 is 0 Å². The van der Waals surface area contributed by atoms with Crippen molar-refractivity contribution in [2.24, 2.45) is 0 Å². The molecule has 1 unspecified atom stereocenters. The highest BCUT2D eigenvalue weighted by Gasteiger charge is 2.26. The van der Waals surface area contributed by atoms with Crippen molar-refractivity contribution in [1.29, 1.82) is 0 Å². The van der Waals surface area contributed by atoms with E-state index in [1.54, 1.807) is 12.1 Å². The second kappa shape index (κ2) is 3.58. The molecule has 0 aromatic heterocycles. The summed E-state index contributed by atoms with van der Waals surface area (Å²) in [6, 6.07) is 4.27. The van der Waals surface area contributed by atoms with Crippen molar-refractivity contribution in [2.75, 3.05) is 0 Å². The first-order valence-corrected chi connectivity index (χ1v) is 4.79. The molecule has 74 valence electrons. The van der Waals surface area contributed by atoms with Gasteiger partial charge in [0.2, 0.25) is 5.91 Å². The maximum Gasteiger partial charge on any atom is 0.220 e. The summed E-state index contributed by atoms with van der Waals surface area (Å²) in [5.74, 6) is -0.404. The Morgan fingerprint density at radius 3 is 2.86 bits per heavy atom. The maximum absolute atomic E-state index is 13.4. The van der Waals surface area contributed by atoms with E-state index in [4.69, 9.17) is 11.6 Å². The van der Waals surface area contributed by atoms with Crippen molar-refractivity contribution in [3.63, 3.8) is 0 Å². The van der Waals surface area contributed by atoms with Gasteiger partial charge in [-0.2, -0.15) is 0 Å². The van der Waals surface area contributed by atoms with Crippen molar-refractivity contribution >= 4 is 17.5 Å². The summed E-state index contributed by atoms with van der Waals surface area (Å²) in [5.41, 5.74) is 0.403. The number of hydrogen-bond acceptors (Lipinski definition) is 1. The molecular weight excluding hydrogens is 205 g/mol. The van der Waals surface area contributed by atoms with Crippen LogP contribution in [-0.2, 0) is 4.79 Å². The summed E-state index contributed by atoms with van der Waals surface area (Å²) >= 11 is 5.87. The molecule has 1 heterocycles. The van der Waals surface area contributed by atoms with Gasteiger partial charge in [0.15, 0.2) is 0 Å². The Labute approximate surface area is 86.1 Å². The molecule has 1 atom stereocenters. The van der Waals surface area contributed by atoms with Gasteiger partial charge in [-0.05, 0) is 18.6 Å². The average molecular weight is 214 g/mol. The molecule has 4 heteroatoms. The summed E-state index contributed by atoms with van der Waals surface area (Å²) in [6.45, 7) is 0. The Bertz CT molecular complexity index is 360. The minimum Gasteiger partial charge on any atom is -0.349 e. The van der Waals surface area contributed by atoms with Gasteiger partial charge in [0.25, 0.3) is 0 Å². The fraction of sp³-hybridized carbons (Fsp3) is 0.300. The second-order valence-electron chi connectivity index (χ2n) is 3.29. The lowest BCUT2D eigenvalue weighted by Crippen LogP contribution is -2.19. The highest BCUT2D eigenvalue weighted by molar-refractivity contribution is 6.31. The third-order valence-electron chi connectivity index (χ3n) is 2.34. The van der Waals surface area contributed by atoms with Crippen LogP contribution in [0.15, 0.2) is 18.2 Å². The molecule has 0 aliphatic carbocycles. The molecule has 0 spiro atoms. The Morgan fingerprint density at radius 2 is 2.29 bits per heavy atom. The number of halogens is 2. The predicted octanol–water partition coefficient (Wildman–Crippen LogP) is 2.43. The molecule has 0 saturated carbocycles. The monoisotopic (exact) mass is 213 g/mol. The van der Waals surface area contributed by atoms with Crippen molar-refractivity contribution in [3.05, 3.63) is 34.6 Å². The van der Waals surface area contributed by atoms with Crippen LogP contribution in [0.2, 0.25) is 5.02 Å². The molecule has 14 heavy (non-hydrogen) atoms. The van der Waals surface area contributed by atoms with Crippen molar-refractivity contribution in [1.82, 2.24) is 5.32 Å². The lowest BCUT2D eigenvalue weighted by atomic mass is 10.0. The molecule has 1 amide bonds. The van der Waals surface area contributed by atoms with E-state index in [2.05, 4.69) is 5.32 Å². The lowest BCUT2D eigenvalue weighted by molar-refractivity contribution is -0.119. The molecule has 1 aliphatic rings. The number of hydrogen-bond donors (Lipinski definition) is 1.